The van der Waals surface area contributed by atoms with Crippen LogP contribution in [-0.4, -0.2) is 15.8 Å². The highest BCUT2D eigenvalue weighted by atomic mass is 16.1. The summed E-state index contributed by atoms with van der Waals surface area (Å²) in [5, 5.41) is 0. The van der Waals surface area contributed by atoms with Crippen LogP contribution in [0.5, 0.6) is 0 Å². The second-order valence-electron chi connectivity index (χ2n) is 3.09. The van der Waals surface area contributed by atoms with Gasteiger partial charge in [0.1, 0.15) is 11.5 Å². The number of nitrogens with zero attached hydrogens (tertiary/aromatic N) is 1. The number of aromatic nitrogens is 2. The largest absolute Gasteiger partial charge is 0.345 e. The SMILES string of the molecule is C#CC(=O)c1nc(CCC)[nH]c1CC. The third-order valence-corrected chi connectivity index (χ3v) is 2.01. The molecule has 14 heavy (non-hydrogen) atoms. The number of Topliss-reactive ketones (excluding diaryl/α,β-unsaturated/α-hetero) is 1. The molecule has 1 aromatic heterocycles. The lowest BCUT2D eigenvalue weighted by Gasteiger charge is -1.91. The highest BCUT2D eigenvalue weighted by molar-refractivity contribution is 6.08. The summed E-state index contributed by atoms with van der Waals surface area (Å²) in [7, 11) is 0. The predicted molar refractivity (Wildman–Crippen MR) is 55.1 cm³/mol. The van der Waals surface area contributed by atoms with Gasteiger partial charge in [-0.3, -0.25) is 4.79 Å². The predicted octanol–water partition coefficient (Wildman–Crippen LogP) is 1.74. The van der Waals surface area contributed by atoms with E-state index in [1.165, 1.54) is 0 Å². The van der Waals surface area contributed by atoms with Gasteiger partial charge in [0.2, 0.25) is 0 Å². The van der Waals surface area contributed by atoms with Crippen LogP contribution in [0.3, 0.4) is 0 Å². The molecule has 0 aromatic carbocycles. The van der Waals surface area contributed by atoms with Crippen molar-refractivity contribution in [1.29, 1.82) is 0 Å². The van der Waals surface area contributed by atoms with Crippen molar-refractivity contribution in [3.8, 4) is 12.3 Å². The monoisotopic (exact) mass is 190 g/mol. The van der Waals surface area contributed by atoms with Crippen LogP contribution >= 0.6 is 0 Å². The third-order valence-electron chi connectivity index (χ3n) is 2.01. The zero-order valence-corrected chi connectivity index (χ0v) is 8.55. The first kappa shape index (κ1) is 10.5. The zero-order chi connectivity index (χ0) is 10.6. The molecule has 0 aliphatic heterocycles. The van der Waals surface area contributed by atoms with E-state index >= 15 is 0 Å². The number of hydrogen-bond donors (Lipinski definition) is 1. The Morgan fingerprint density at radius 3 is 2.79 bits per heavy atom. The number of aromatic amines is 1. The summed E-state index contributed by atoms with van der Waals surface area (Å²) in [6, 6.07) is 0. The minimum absolute atomic E-state index is 0.333. The van der Waals surface area contributed by atoms with E-state index in [1.807, 2.05) is 6.92 Å². The van der Waals surface area contributed by atoms with Crippen LogP contribution in [0.2, 0.25) is 0 Å². The molecule has 0 spiro atoms. The van der Waals surface area contributed by atoms with E-state index in [0.717, 1.165) is 30.8 Å². The summed E-state index contributed by atoms with van der Waals surface area (Å²) in [6.45, 7) is 4.04. The molecule has 0 saturated heterocycles. The number of carbonyl (C=O) groups is 1. The molecule has 0 atom stereocenters. The maximum absolute atomic E-state index is 11.3. The summed E-state index contributed by atoms with van der Waals surface area (Å²) >= 11 is 0. The quantitative estimate of drug-likeness (QED) is 0.446. The van der Waals surface area contributed by atoms with Gasteiger partial charge in [0.25, 0.3) is 5.78 Å². The number of H-pyrrole nitrogens is 1. The zero-order valence-electron chi connectivity index (χ0n) is 8.55. The maximum atomic E-state index is 11.3. The first-order valence-corrected chi connectivity index (χ1v) is 4.81. The number of nitrogens with one attached hydrogen (secondary N) is 1. The standard InChI is InChI=1S/C11H14N2O/c1-4-7-10-12-8(5-2)11(13-10)9(14)6-3/h3H,4-5,7H2,1-2H3,(H,12,13). The molecule has 0 amide bonds. The number of terminal acetylenes is 1. The number of aryl methyl sites for hydroxylation is 2. The Morgan fingerprint density at radius 2 is 2.29 bits per heavy atom. The van der Waals surface area contributed by atoms with E-state index < -0.39 is 0 Å². The van der Waals surface area contributed by atoms with E-state index in [4.69, 9.17) is 6.42 Å². The molecule has 0 bridgehead atoms. The number of imidazole rings is 1. The summed E-state index contributed by atoms with van der Waals surface area (Å²) in [6.07, 6.45) is 7.66. The molecule has 0 radical (unpaired) electrons. The molecule has 0 aliphatic rings. The smallest absolute Gasteiger partial charge is 0.255 e. The lowest BCUT2D eigenvalue weighted by atomic mass is 10.2. The van der Waals surface area contributed by atoms with Gasteiger partial charge in [0, 0.05) is 12.1 Å². The van der Waals surface area contributed by atoms with Crippen molar-refractivity contribution in [1.82, 2.24) is 9.97 Å². The van der Waals surface area contributed by atoms with Gasteiger partial charge in [-0.25, -0.2) is 4.98 Å². The first-order valence-electron chi connectivity index (χ1n) is 4.81. The van der Waals surface area contributed by atoms with Crippen molar-refractivity contribution in [2.45, 2.75) is 33.1 Å². The summed E-state index contributed by atoms with van der Waals surface area (Å²) in [5.74, 6) is 2.61. The van der Waals surface area contributed by atoms with Crippen molar-refractivity contribution >= 4 is 5.78 Å². The van der Waals surface area contributed by atoms with Gasteiger partial charge in [0.15, 0.2) is 0 Å². The fourth-order valence-corrected chi connectivity index (χ4v) is 1.33. The Morgan fingerprint density at radius 1 is 1.57 bits per heavy atom. The fraction of sp³-hybridized carbons (Fsp3) is 0.455. The summed E-state index contributed by atoms with van der Waals surface area (Å²) in [4.78, 5) is 18.6. The Bertz CT molecular complexity index is 371. The van der Waals surface area contributed by atoms with Crippen LogP contribution in [0.1, 0.15) is 42.3 Å². The molecular weight excluding hydrogens is 176 g/mol. The summed E-state index contributed by atoms with van der Waals surface area (Å²) < 4.78 is 0. The molecule has 1 heterocycles. The van der Waals surface area contributed by atoms with E-state index in [-0.39, 0.29) is 5.78 Å². The molecule has 0 fully saturated rings. The van der Waals surface area contributed by atoms with Crippen molar-refractivity contribution < 1.29 is 4.79 Å². The van der Waals surface area contributed by atoms with Crippen molar-refractivity contribution in [3.63, 3.8) is 0 Å². The van der Waals surface area contributed by atoms with Gasteiger partial charge in [-0.05, 0) is 18.8 Å². The Hall–Kier alpha value is -1.56. The van der Waals surface area contributed by atoms with Crippen LogP contribution in [0.15, 0.2) is 0 Å². The average Bonchev–Trinajstić information content (AvgIpc) is 2.60. The van der Waals surface area contributed by atoms with E-state index in [2.05, 4.69) is 22.8 Å². The van der Waals surface area contributed by atoms with Gasteiger partial charge in [-0.15, -0.1) is 6.42 Å². The molecule has 0 unspecified atom stereocenters. The maximum Gasteiger partial charge on any atom is 0.255 e. The van der Waals surface area contributed by atoms with Gasteiger partial charge < -0.3 is 4.98 Å². The Labute approximate surface area is 83.9 Å². The second-order valence-corrected chi connectivity index (χ2v) is 3.09. The molecule has 0 saturated carbocycles. The lowest BCUT2D eigenvalue weighted by molar-refractivity contribution is 0.105. The van der Waals surface area contributed by atoms with E-state index in [1.54, 1.807) is 0 Å². The highest BCUT2D eigenvalue weighted by Gasteiger charge is 2.13. The fourth-order valence-electron chi connectivity index (χ4n) is 1.33. The van der Waals surface area contributed by atoms with Crippen molar-refractivity contribution in [2.24, 2.45) is 0 Å². The first-order chi connectivity index (χ1) is 6.72. The van der Waals surface area contributed by atoms with Crippen molar-refractivity contribution in [3.05, 3.63) is 17.2 Å². The molecule has 0 aliphatic carbocycles. The van der Waals surface area contributed by atoms with Gasteiger partial charge in [0.05, 0.1) is 0 Å². The van der Waals surface area contributed by atoms with Gasteiger partial charge in [-0.1, -0.05) is 13.8 Å². The third kappa shape index (κ3) is 2.02. The Balaban J connectivity index is 3.03. The molecule has 74 valence electrons. The normalized spacial score (nSPS) is 9.79. The van der Waals surface area contributed by atoms with Gasteiger partial charge in [-0.2, -0.15) is 0 Å². The topological polar surface area (TPSA) is 45.8 Å². The number of ketones is 1. The van der Waals surface area contributed by atoms with Crippen molar-refractivity contribution in [2.75, 3.05) is 0 Å². The molecule has 3 nitrogen and oxygen atoms in total. The van der Waals surface area contributed by atoms with Crippen LogP contribution in [-0.2, 0) is 12.8 Å². The molecule has 1 rings (SSSR count). The van der Waals surface area contributed by atoms with E-state index in [0.29, 0.717) is 5.69 Å². The van der Waals surface area contributed by atoms with E-state index in [9.17, 15) is 4.79 Å². The number of carbonyl (C=O) groups excluding carboxylic acids is 1. The molecule has 3 heteroatoms. The lowest BCUT2D eigenvalue weighted by Crippen LogP contribution is -1.99. The van der Waals surface area contributed by atoms with Crippen LogP contribution < -0.4 is 0 Å². The van der Waals surface area contributed by atoms with Crippen LogP contribution in [0.4, 0.5) is 0 Å². The van der Waals surface area contributed by atoms with Gasteiger partial charge >= 0.3 is 0 Å². The second kappa shape index (κ2) is 4.61. The molecular formula is C11H14N2O. The number of rotatable bonds is 4. The Kier molecular flexibility index (Phi) is 3.47. The average molecular weight is 190 g/mol. The summed E-state index contributed by atoms with van der Waals surface area (Å²) in [5.41, 5.74) is 1.26. The van der Waals surface area contributed by atoms with Crippen LogP contribution in [0, 0.1) is 12.3 Å². The molecule has 1 N–H and O–H groups in total. The minimum atomic E-state index is -0.333. The highest BCUT2D eigenvalue weighted by Crippen LogP contribution is 2.09. The number of hydrogen-bond acceptors (Lipinski definition) is 2. The minimum Gasteiger partial charge on any atom is -0.345 e. The molecule has 1 aromatic rings. The van der Waals surface area contributed by atoms with Crippen LogP contribution in [0.25, 0.3) is 0 Å².